The predicted molar refractivity (Wildman–Crippen MR) is 104 cm³/mol. The number of aryl methyl sites for hydroxylation is 2. The van der Waals surface area contributed by atoms with Crippen molar-refractivity contribution < 1.29 is 22.7 Å². The number of halogens is 3. The molecule has 9 heteroatoms. The fourth-order valence-corrected chi connectivity index (χ4v) is 3.24. The van der Waals surface area contributed by atoms with Crippen LogP contribution in [0.25, 0.3) is 11.3 Å². The third-order valence-electron chi connectivity index (χ3n) is 4.73. The fraction of sp³-hybridized carbons (Fsp3) is 0.286. The summed E-state index contributed by atoms with van der Waals surface area (Å²) in [5, 5.41) is 2.74. The van der Waals surface area contributed by atoms with E-state index in [9.17, 15) is 18.0 Å². The van der Waals surface area contributed by atoms with Gasteiger partial charge in [-0.1, -0.05) is 12.1 Å². The SMILES string of the molecule is O=C(Nc1ccc(-c2cn3c(n2)CCCC3)cc1)c1ccc(OCC(F)(F)F)nc1. The predicted octanol–water partition coefficient (Wildman–Crippen LogP) is 4.47. The van der Waals surface area contributed by atoms with E-state index in [0.717, 1.165) is 42.9 Å². The highest BCUT2D eigenvalue weighted by atomic mass is 19.4. The van der Waals surface area contributed by atoms with E-state index in [1.165, 1.54) is 18.3 Å². The normalized spacial score (nSPS) is 13.6. The van der Waals surface area contributed by atoms with Gasteiger partial charge >= 0.3 is 6.18 Å². The second-order valence-electron chi connectivity index (χ2n) is 7.01. The monoisotopic (exact) mass is 416 g/mol. The van der Waals surface area contributed by atoms with Crippen LogP contribution in [0, 0.1) is 0 Å². The molecule has 0 saturated heterocycles. The number of imidazole rings is 1. The average molecular weight is 416 g/mol. The first-order valence-electron chi connectivity index (χ1n) is 9.51. The molecule has 0 unspecified atom stereocenters. The van der Waals surface area contributed by atoms with Crippen LogP contribution in [0.4, 0.5) is 18.9 Å². The van der Waals surface area contributed by atoms with E-state index in [-0.39, 0.29) is 11.4 Å². The number of fused-ring (bicyclic) bond motifs is 1. The van der Waals surface area contributed by atoms with Gasteiger partial charge in [-0.25, -0.2) is 9.97 Å². The van der Waals surface area contributed by atoms with E-state index in [1.807, 2.05) is 12.1 Å². The molecule has 4 rings (SSSR count). The van der Waals surface area contributed by atoms with Gasteiger partial charge in [0, 0.05) is 42.7 Å². The lowest BCUT2D eigenvalue weighted by Crippen LogP contribution is -2.19. The minimum absolute atomic E-state index is 0.198. The third-order valence-corrected chi connectivity index (χ3v) is 4.73. The first kappa shape index (κ1) is 19.9. The van der Waals surface area contributed by atoms with Crippen LogP contribution in [0.2, 0.25) is 0 Å². The number of hydrogen-bond acceptors (Lipinski definition) is 4. The van der Waals surface area contributed by atoms with Crippen LogP contribution >= 0.6 is 0 Å². The summed E-state index contributed by atoms with van der Waals surface area (Å²) in [6.07, 6.45) is 2.09. The van der Waals surface area contributed by atoms with Crippen LogP contribution in [-0.2, 0) is 13.0 Å². The molecule has 1 aliphatic rings. The number of amides is 1. The molecule has 0 fully saturated rings. The van der Waals surface area contributed by atoms with E-state index in [0.29, 0.717) is 5.69 Å². The van der Waals surface area contributed by atoms with E-state index in [1.54, 1.807) is 12.1 Å². The van der Waals surface area contributed by atoms with Gasteiger partial charge in [-0.05, 0) is 31.0 Å². The molecule has 0 atom stereocenters. The van der Waals surface area contributed by atoms with Crippen molar-refractivity contribution in [3.05, 3.63) is 60.2 Å². The second kappa shape index (κ2) is 8.17. The smallest absolute Gasteiger partial charge is 0.422 e. The molecule has 1 amide bonds. The minimum atomic E-state index is -4.44. The van der Waals surface area contributed by atoms with E-state index in [2.05, 4.69) is 30.8 Å². The molecule has 1 aromatic carbocycles. The summed E-state index contributed by atoms with van der Waals surface area (Å²) in [5.41, 5.74) is 2.66. The number of anilines is 1. The van der Waals surface area contributed by atoms with Crippen molar-refractivity contribution in [3.8, 4) is 17.1 Å². The van der Waals surface area contributed by atoms with Gasteiger partial charge in [0.2, 0.25) is 5.88 Å². The van der Waals surface area contributed by atoms with Gasteiger partial charge in [0.25, 0.3) is 5.91 Å². The molecule has 0 radical (unpaired) electrons. The maximum atomic E-state index is 12.3. The van der Waals surface area contributed by atoms with E-state index in [4.69, 9.17) is 0 Å². The maximum Gasteiger partial charge on any atom is 0.422 e. The Balaban J connectivity index is 1.38. The van der Waals surface area contributed by atoms with Crippen LogP contribution in [0.15, 0.2) is 48.8 Å². The van der Waals surface area contributed by atoms with Crippen molar-refractivity contribution in [1.29, 1.82) is 0 Å². The highest BCUT2D eigenvalue weighted by molar-refractivity contribution is 6.04. The van der Waals surface area contributed by atoms with Crippen LogP contribution in [0.3, 0.4) is 0 Å². The highest BCUT2D eigenvalue weighted by Gasteiger charge is 2.28. The zero-order chi connectivity index (χ0) is 21.1. The number of ether oxygens (including phenoxy) is 1. The average Bonchev–Trinajstić information content (AvgIpc) is 3.17. The standard InChI is InChI=1S/C21H19F3N4O2/c22-21(23,24)13-30-19-9-6-15(11-25-19)20(29)26-16-7-4-14(5-8-16)17-12-28-10-2-1-3-18(28)27-17/h4-9,11-12H,1-3,10,13H2,(H,26,29). The van der Waals surface area contributed by atoms with Crippen LogP contribution in [0.1, 0.15) is 29.0 Å². The zero-order valence-electron chi connectivity index (χ0n) is 15.9. The summed E-state index contributed by atoms with van der Waals surface area (Å²) in [4.78, 5) is 20.8. The summed E-state index contributed by atoms with van der Waals surface area (Å²) >= 11 is 0. The summed E-state index contributed by atoms with van der Waals surface area (Å²) in [5.74, 6) is 0.481. The van der Waals surface area contributed by atoms with Crippen molar-refractivity contribution in [2.75, 3.05) is 11.9 Å². The van der Waals surface area contributed by atoms with Gasteiger partial charge in [-0.15, -0.1) is 0 Å². The maximum absolute atomic E-state index is 12.3. The lowest BCUT2D eigenvalue weighted by Gasteiger charge is -2.11. The molecule has 30 heavy (non-hydrogen) atoms. The summed E-state index contributed by atoms with van der Waals surface area (Å²) in [6.45, 7) is -0.442. The van der Waals surface area contributed by atoms with Crippen molar-refractivity contribution in [2.45, 2.75) is 32.0 Å². The van der Waals surface area contributed by atoms with Gasteiger partial charge < -0.3 is 14.6 Å². The second-order valence-corrected chi connectivity index (χ2v) is 7.01. The van der Waals surface area contributed by atoms with Gasteiger partial charge in [-0.3, -0.25) is 4.79 Å². The Bertz CT molecular complexity index is 1000. The Morgan fingerprint density at radius 3 is 2.60 bits per heavy atom. The summed E-state index contributed by atoms with van der Waals surface area (Å²) in [7, 11) is 0. The Hall–Kier alpha value is -3.36. The molecule has 0 spiro atoms. The number of carbonyl (C=O) groups excluding carboxylic acids is 1. The Morgan fingerprint density at radius 2 is 1.93 bits per heavy atom. The lowest BCUT2D eigenvalue weighted by molar-refractivity contribution is -0.154. The third kappa shape index (κ3) is 4.79. The molecule has 3 aromatic rings. The molecule has 1 N–H and O–H groups in total. The van der Waals surface area contributed by atoms with Gasteiger partial charge in [0.15, 0.2) is 6.61 Å². The molecule has 0 aliphatic carbocycles. The number of alkyl halides is 3. The van der Waals surface area contributed by atoms with E-state index >= 15 is 0 Å². The highest BCUT2D eigenvalue weighted by Crippen LogP contribution is 2.24. The molecule has 0 saturated carbocycles. The largest absolute Gasteiger partial charge is 0.468 e. The number of carbonyl (C=O) groups is 1. The molecular weight excluding hydrogens is 397 g/mol. The quantitative estimate of drug-likeness (QED) is 0.666. The first-order chi connectivity index (χ1) is 14.4. The number of nitrogens with one attached hydrogen (secondary N) is 1. The molecule has 1 aliphatic heterocycles. The lowest BCUT2D eigenvalue weighted by atomic mass is 10.1. The fourth-order valence-electron chi connectivity index (χ4n) is 3.24. The number of nitrogens with zero attached hydrogens (tertiary/aromatic N) is 3. The minimum Gasteiger partial charge on any atom is -0.468 e. The Morgan fingerprint density at radius 1 is 1.13 bits per heavy atom. The topological polar surface area (TPSA) is 69.0 Å². The number of hydrogen-bond donors (Lipinski definition) is 1. The first-order valence-corrected chi connectivity index (χ1v) is 9.51. The van der Waals surface area contributed by atoms with E-state index < -0.39 is 18.7 Å². The number of rotatable bonds is 5. The number of benzene rings is 1. The van der Waals surface area contributed by atoms with Crippen molar-refractivity contribution in [1.82, 2.24) is 14.5 Å². The Kier molecular flexibility index (Phi) is 5.43. The van der Waals surface area contributed by atoms with Crippen molar-refractivity contribution in [3.63, 3.8) is 0 Å². The zero-order valence-corrected chi connectivity index (χ0v) is 15.9. The summed E-state index contributed by atoms with van der Waals surface area (Å²) < 4.78 is 43.2. The molecule has 156 valence electrons. The number of pyridine rings is 1. The number of aromatic nitrogens is 3. The van der Waals surface area contributed by atoms with Crippen molar-refractivity contribution in [2.24, 2.45) is 0 Å². The van der Waals surface area contributed by atoms with Gasteiger partial charge in [0.1, 0.15) is 5.82 Å². The molecule has 0 bridgehead atoms. The van der Waals surface area contributed by atoms with Crippen LogP contribution < -0.4 is 10.1 Å². The molecular formula is C21H19F3N4O2. The van der Waals surface area contributed by atoms with Gasteiger partial charge in [-0.2, -0.15) is 13.2 Å². The van der Waals surface area contributed by atoms with Gasteiger partial charge in [0.05, 0.1) is 11.3 Å². The summed E-state index contributed by atoms with van der Waals surface area (Å²) in [6, 6.07) is 9.91. The van der Waals surface area contributed by atoms with Crippen LogP contribution in [0.5, 0.6) is 5.88 Å². The molecule has 3 heterocycles. The molecule has 6 nitrogen and oxygen atoms in total. The Labute approximate surface area is 170 Å². The van der Waals surface area contributed by atoms with Crippen LogP contribution in [-0.4, -0.2) is 33.2 Å². The molecule has 2 aromatic heterocycles. The van der Waals surface area contributed by atoms with Crippen molar-refractivity contribution >= 4 is 11.6 Å².